The van der Waals surface area contributed by atoms with Crippen LogP contribution in [0.2, 0.25) is 5.02 Å². The predicted molar refractivity (Wildman–Crippen MR) is 59.3 cm³/mol. The lowest BCUT2D eigenvalue weighted by Crippen LogP contribution is -1.95. The van der Waals surface area contributed by atoms with Gasteiger partial charge in [-0.2, -0.15) is 0 Å². The average Bonchev–Trinajstić information content (AvgIpc) is 2.11. The Bertz CT molecular complexity index is 302. The summed E-state index contributed by atoms with van der Waals surface area (Å²) in [5.41, 5.74) is 2.48. The fourth-order valence-electron chi connectivity index (χ4n) is 1.29. The molecule has 1 rings (SSSR count). The molecule has 0 aliphatic rings. The first-order valence-electron chi connectivity index (χ1n) is 4.51. The molecule has 1 aromatic rings. The molecule has 1 atom stereocenters. The third-order valence-corrected chi connectivity index (χ3v) is 2.61. The summed E-state index contributed by atoms with van der Waals surface area (Å²) in [6.45, 7) is 7.97. The zero-order valence-electron chi connectivity index (χ0n) is 8.18. The first-order chi connectivity index (χ1) is 6.13. The first kappa shape index (κ1) is 10.3. The molecule has 0 saturated heterocycles. The summed E-state index contributed by atoms with van der Waals surface area (Å²) in [7, 11) is 0. The Morgan fingerprint density at radius 2 is 2.23 bits per heavy atom. The Morgan fingerprint density at radius 3 is 2.77 bits per heavy atom. The molecule has 0 radical (unpaired) electrons. The molecule has 0 saturated carbocycles. The summed E-state index contributed by atoms with van der Waals surface area (Å²) in [5, 5.41) is 0.843. The summed E-state index contributed by atoms with van der Waals surface area (Å²) < 4.78 is 0. The molecule has 0 fully saturated rings. The van der Waals surface area contributed by atoms with Crippen LogP contribution in [-0.2, 0) is 6.42 Å². The molecule has 0 aliphatic heterocycles. The third-order valence-electron chi connectivity index (χ3n) is 2.18. The summed E-state index contributed by atoms with van der Waals surface area (Å²) in [4.78, 5) is 0. The summed E-state index contributed by atoms with van der Waals surface area (Å²) >= 11 is 5.93. The minimum Gasteiger partial charge on any atom is -0.103 e. The van der Waals surface area contributed by atoms with Crippen molar-refractivity contribution in [1.82, 2.24) is 0 Å². The van der Waals surface area contributed by atoms with E-state index in [1.807, 2.05) is 19.1 Å². The second kappa shape index (κ2) is 4.48. The van der Waals surface area contributed by atoms with Gasteiger partial charge in [0.2, 0.25) is 0 Å². The van der Waals surface area contributed by atoms with Gasteiger partial charge in [0.25, 0.3) is 0 Å². The maximum Gasteiger partial charge on any atom is 0.0435 e. The Labute approximate surface area is 85.2 Å². The van der Waals surface area contributed by atoms with Gasteiger partial charge in [0, 0.05) is 5.02 Å². The van der Waals surface area contributed by atoms with E-state index in [0.29, 0.717) is 5.92 Å². The number of benzene rings is 1. The van der Waals surface area contributed by atoms with Crippen LogP contribution in [0, 0.1) is 12.8 Å². The highest BCUT2D eigenvalue weighted by atomic mass is 35.5. The van der Waals surface area contributed by atoms with Crippen LogP contribution in [-0.4, -0.2) is 0 Å². The molecule has 0 aliphatic carbocycles. The Balaban J connectivity index is 2.79. The zero-order chi connectivity index (χ0) is 9.84. The van der Waals surface area contributed by atoms with E-state index in [9.17, 15) is 0 Å². The van der Waals surface area contributed by atoms with Crippen molar-refractivity contribution in [3.63, 3.8) is 0 Å². The van der Waals surface area contributed by atoms with Crippen molar-refractivity contribution < 1.29 is 0 Å². The predicted octanol–water partition coefficient (Wildman–Crippen LogP) is 4.01. The van der Waals surface area contributed by atoms with Crippen molar-refractivity contribution in [2.75, 3.05) is 0 Å². The molecular weight excluding hydrogens is 180 g/mol. The van der Waals surface area contributed by atoms with Crippen LogP contribution < -0.4 is 0 Å². The van der Waals surface area contributed by atoms with Gasteiger partial charge >= 0.3 is 0 Å². The van der Waals surface area contributed by atoms with Crippen LogP contribution >= 0.6 is 11.6 Å². The summed E-state index contributed by atoms with van der Waals surface area (Å²) in [6, 6.07) is 6.18. The van der Waals surface area contributed by atoms with E-state index in [4.69, 9.17) is 11.6 Å². The van der Waals surface area contributed by atoms with Gasteiger partial charge in [0.1, 0.15) is 0 Å². The normalized spacial score (nSPS) is 12.5. The van der Waals surface area contributed by atoms with Crippen molar-refractivity contribution in [1.29, 1.82) is 0 Å². The molecule has 0 N–H and O–H groups in total. The van der Waals surface area contributed by atoms with Crippen molar-refractivity contribution >= 4 is 11.6 Å². The lowest BCUT2D eigenvalue weighted by Gasteiger charge is -2.07. The van der Waals surface area contributed by atoms with E-state index in [1.54, 1.807) is 0 Å². The second-order valence-corrected chi connectivity index (χ2v) is 3.91. The van der Waals surface area contributed by atoms with E-state index < -0.39 is 0 Å². The highest BCUT2D eigenvalue weighted by Crippen LogP contribution is 2.18. The molecular formula is C12H15Cl. The second-order valence-electron chi connectivity index (χ2n) is 3.50. The van der Waals surface area contributed by atoms with E-state index >= 15 is 0 Å². The SMILES string of the molecule is C=CC(C)Cc1ccc(Cl)c(C)c1. The maximum atomic E-state index is 5.93. The number of aryl methyl sites for hydroxylation is 1. The van der Waals surface area contributed by atoms with Crippen molar-refractivity contribution in [2.45, 2.75) is 20.3 Å². The highest BCUT2D eigenvalue weighted by molar-refractivity contribution is 6.31. The van der Waals surface area contributed by atoms with Gasteiger partial charge in [-0.15, -0.1) is 6.58 Å². The molecule has 0 aromatic heterocycles. The van der Waals surface area contributed by atoms with Crippen molar-refractivity contribution in [2.24, 2.45) is 5.92 Å². The molecule has 0 heterocycles. The molecule has 0 spiro atoms. The number of allylic oxidation sites excluding steroid dienone is 1. The number of hydrogen-bond acceptors (Lipinski definition) is 0. The molecule has 0 bridgehead atoms. The van der Waals surface area contributed by atoms with Crippen LogP contribution in [0.3, 0.4) is 0 Å². The van der Waals surface area contributed by atoms with Crippen molar-refractivity contribution in [3.05, 3.63) is 47.0 Å². The van der Waals surface area contributed by atoms with E-state index in [2.05, 4.69) is 25.6 Å². The van der Waals surface area contributed by atoms with Gasteiger partial charge in [0.15, 0.2) is 0 Å². The fraction of sp³-hybridized carbons (Fsp3) is 0.333. The minimum absolute atomic E-state index is 0.528. The van der Waals surface area contributed by atoms with Crippen LogP contribution in [0.5, 0.6) is 0 Å². The van der Waals surface area contributed by atoms with Crippen LogP contribution in [0.4, 0.5) is 0 Å². The maximum absolute atomic E-state index is 5.93. The summed E-state index contributed by atoms with van der Waals surface area (Å²) in [6.07, 6.45) is 3.02. The van der Waals surface area contributed by atoms with Crippen LogP contribution in [0.1, 0.15) is 18.1 Å². The van der Waals surface area contributed by atoms with Crippen molar-refractivity contribution in [3.8, 4) is 0 Å². The monoisotopic (exact) mass is 194 g/mol. The first-order valence-corrected chi connectivity index (χ1v) is 4.89. The van der Waals surface area contributed by atoms with Gasteiger partial charge in [-0.1, -0.05) is 36.7 Å². The van der Waals surface area contributed by atoms with Gasteiger partial charge in [-0.25, -0.2) is 0 Å². The van der Waals surface area contributed by atoms with E-state index in [1.165, 1.54) is 5.56 Å². The van der Waals surface area contributed by atoms with Gasteiger partial charge in [-0.3, -0.25) is 0 Å². The Kier molecular flexibility index (Phi) is 3.56. The molecule has 70 valence electrons. The molecule has 0 nitrogen and oxygen atoms in total. The molecule has 0 amide bonds. The quantitative estimate of drug-likeness (QED) is 0.638. The smallest absolute Gasteiger partial charge is 0.0435 e. The Morgan fingerprint density at radius 1 is 1.54 bits per heavy atom. The number of rotatable bonds is 3. The van der Waals surface area contributed by atoms with Crippen LogP contribution in [0.25, 0.3) is 0 Å². The molecule has 1 unspecified atom stereocenters. The Hall–Kier alpha value is -0.750. The summed E-state index contributed by atoms with van der Waals surface area (Å²) in [5.74, 6) is 0.528. The van der Waals surface area contributed by atoms with Gasteiger partial charge < -0.3 is 0 Å². The van der Waals surface area contributed by atoms with E-state index in [0.717, 1.165) is 17.0 Å². The largest absolute Gasteiger partial charge is 0.103 e. The average molecular weight is 195 g/mol. The topological polar surface area (TPSA) is 0 Å². The standard InChI is InChI=1S/C12H15Cl/c1-4-9(2)7-11-5-6-12(13)10(3)8-11/h4-6,8-9H,1,7H2,2-3H3. The zero-order valence-corrected chi connectivity index (χ0v) is 8.93. The van der Waals surface area contributed by atoms with Gasteiger partial charge in [0.05, 0.1) is 0 Å². The highest BCUT2D eigenvalue weighted by Gasteiger charge is 2.01. The molecule has 1 aromatic carbocycles. The molecule has 13 heavy (non-hydrogen) atoms. The van der Waals surface area contributed by atoms with Gasteiger partial charge in [-0.05, 0) is 36.5 Å². The third kappa shape index (κ3) is 2.89. The fourth-order valence-corrected chi connectivity index (χ4v) is 1.41. The number of hydrogen-bond donors (Lipinski definition) is 0. The molecule has 1 heteroatoms. The lowest BCUT2D eigenvalue weighted by atomic mass is 10.00. The van der Waals surface area contributed by atoms with E-state index in [-0.39, 0.29) is 0 Å². The number of halogens is 1. The van der Waals surface area contributed by atoms with Crippen LogP contribution in [0.15, 0.2) is 30.9 Å². The lowest BCUT2D eigenvalue weighted by molar-refractivity contribution is 0.725. The minimum atomic E-state index is 0.528.